The number of fused-ring (bicyclic) bond motifs is 2. The number of nitrogens with zero attached hydrogens (tertiary/aromatic N) is 3. The largest absolute Gasteiger partial charge is 0.349 e. The van der Waals surface area contributed by atoms with Crippen molar-refractivity contribution in [2.45, 2.75) is 25.4 Å². The average Bonchev–Trinajstić information content (AvgIpc) is 3.17. The third-order valence-electron chi connectivity index (χ3n) is 4.98. The van der Waals surface area contributed by atoms with Gasteiger partial charge in [0.2, 0.25) is 11.8 Å². The van der Waals surface area contributed by atoms with E-state index in [0.717, 1.165) is 12.1 Å². The van der Waals surface area contributed by atoms with Crippen LogP contribution in [0.2, 0.25) is 0 Å². The lowest BCUT2D eigenvalue weighted by molar-refractivity contribution is -0.125. The first-order valence-corrected chi connectivity index (χ1v) is 9.03. The van der Waals surface area contributed by atoms with Crippen molar-refractivity contribution in [3.63, 3.8) is 0 Å². The van der Waals surface area contributed by atoms with Crippen molar-refractivity contribution in [3.8, 4) is 0 Å². The van der Waals surface area contributed by atoms with E-state index in [2.05, 4.69) is 10.3 Å². The molecule has 7 nitrogen and oxygen atoms in total. The number of nitrogens with one attached hydrogen (secondary N) is 1. The first-order chi connectivity index (χ1) is 13.1. The Morgan fingerprint density at radius 2 is 1.96 bits per heavy atom. The number of amides is 3. The molecule has 0 aliphatic carbocycles. The van der Waals surface area contributed by atoms with Gasteiger partial charge in [0.15, 0.2) is 0 Å². The zero-order chi connectivity index (χ0) is 18.8. The van der Waals surface area contributed by atoms with Gasteiger partial charge in [0.05, 0.1) is 23.5 Å². The van der Waals surface area contributed by atoms with Gasteiger partial charge in [-0.15, -0.1) is 0 Å². The van der Waals surface area contributed by atoms with Crippen molar-refractivity contribution < 1.29 is 14.4 Å². The van der Waals surface area contributed by atoms with Crippen molar-refractivity contribution >= 4 is 23.4 Å². The first-order valence-electron chi connectivity index (χ1n) is 9.03. The number of carbonyl (C=O) groups excluding carboxylic acids is 3. The number of para-hydroxylation sites is 1. The summed E-state index contributed by atoms with van der Waals surface area (Å²) >= 11 is 0. The van der Waals surface area contributed by atoms with Gasteiger partial charge in [0, 0.05) is 12.7 Å². The van der Waals surface area contributed by atoms with E-state index < -0.39 is 6.04 Å². The molecule has 138 valence electrons. The second kappa shape index (κ2) is 7.19. The minimum Gasteiger partial charge on any atom is -0.349 e. The summed E-state index contributed by atoms with van der Waals surface area (Å²) in [5, 5.41) is 2.80. The van der Waals surface area contributed by atoms with Crippen LogP contribution in [0.25, 0.3) is 0 Å². The lowest BCUT2D eigenvalue weighted by atomic mass is 10.1. The molecule has 1 saturated heterocycles. The number of anilines is 1. The van der Waals surface area contributed by atoms with E-state index in [1.807, 2.05) is 18.2 Å². The van der Waals surface area contributed by atoms with Crippen molar-refractivity contribution in [1.82, 2.24) is 15.2 Å². The highest BCUT2D eigenvalue weighted by atomic mass is 16.2. The minimum atomic E-state index is -0.492. The molecule has 3 heterocycles. The highest BCUT2D eigenvalue weighted by molar-refractivity contribution is 6.12. The SMILES string of the molecule is O=C(CN1C(=O)[C@@H]2CCCN2C(=O)c2ccccc21)NCc1ccccn1. The number of carbonyl (C=O) groups is 3. The third kappa shape index (κ3) is 3.28. The lowest BCUT2D eigenvalue weighted by Crippen LogP contribution is -2.48. The predicted octanol–water partition coefficient (Wildman–Crippen LogP) is 1.35. The summed E-state index contributed by atoms with van der Waals surface area (Å²) in [5.41, 5.74) is 1.70. The molecule has 2 aliphatic rings. The van der Waals surface area contributed by atoms with Gasteiger partial charge < -0.3 is 15.1 Å². The monoisotopic (exact) mass is 364 g/mol. The number of hydrogen-bond acceptors (Lipinski definition) is 4. The maximum atomic E-state index is 13.1. The molecule has 0 radical (unpaired) electrons. The Balaban J connectivity index is 1.56. The van der Waals surface area contributed by atoms with Crippen LogP contribution in [0.5, 0.6) is 0 Å². The van der Waals surface area contributed by atoms with Crippen molar-refractivity contribution in [1.29, 1.82) is 0 Å². The van der Waals surface area contributed by atoms with Crippen LogP contribution in [0, 0.1) is 0 Å². The molecule has 7 heteroatoms. The molecule has 0 unspecified atom stereocenters. The van der Waals surface area contributed by atoms with Gasteiger partial charge >= 0.3 is 0 Å². The summed E-state index contributed by atoms with van der Waals surface area (Å²) in [6.07, 6.45) is 3.09. The Hall–Kier alpha value is -3.22. The van der Waals surface area contributed by atoms with E-state index in [1.54, 1.807) is 35.4 Å². The lowest BCUT2D eigenvalue weighted by Gasteiger charge is -2.25. The highest BCUT2D eigenvalue weighted by Gasteiger charge is 2.42. The maximum absolute atomic E-state index is 13.1. The zero-order valence-corrected chi connectivity index (χ0v) is 14.8. The van der Waals surface area contributed by atoms with Crippen molar-refractivity contribution in [2.75, 3.05) is 18.0 Å². The van der Waals surface area contributed by atoms with Gasteiger partial charge in [-0.25, -0.2) is 0 Å². The van der Waals surface area contributed by atoms with E-state index in [9.17, 15) is 14.4 Å². The quantitative estimate of drug-likeness (QED) is 0.888. The molecular formula is C20H20N4O3. The Morgan fingerprint density at radius 3 is 2.78 bits per heavy atom. The number of pyridine rings is 1. The molecule has 3 amide bonds. The fraction of sp³-hybridized carbons (Fsp3) is 0.300. The van der Waals surface area contributed by atoms with Crippen LogP contribution in [0.15, 0.2) is 48.7 Å². The molecule has 1 aromatic heterocycles. The fourth-order valence-corrected chi connectivity index (χ4v) is 3.66. The van der Waals surface area contributed by atoms with E-state index in [4.69, 9.17) is 0 Å². The summed E-state index contributed by atoms with van der Waals surface area (Å²) in [5.74, 6) is -0.626. The zero-order valence-electron chi connectivity index (χ0n) is 14.8. The topological polar surface area (TPSA) is 82.6 Å². The second-order valence-electron chi connectivity index (χ2n) is 6.70. The number of benzene rings is 1. The molecule has 27 heavy (non-hydrogen) atoms. The fourth-order valence-electron chi connectivity index (χ4n) is 3.66. The molecule has 1 N–H and O–H groups in total. The molecule has 0 bridgehead atoms. The molecule has 2 aromatic rings. The Morgan fingerprint density at radius 1 is 1.15 bits per heavy atom. The molecule has 0 spiro atoms. The summed E-state index contributed by atoms with van der Waals surface area (Å²) in [6, 6.07) is 12.0. The smallest absolute Gasteiger partial charge is 0.256 e. The van der Waals surface area contributed by atoms with E-state index in [1.165, 1.54) is 4.90 Å². The van der Waals surface area contributed by atoms with Gasteiger partial charge in [-0.05, 0) is 37.1 Å². The normalized spacial score (nSPS) is 18.7. The Labute approximate surface area is 157 Å². The molecule has 4 rings (SSSR count). The molecular weight excluding hydrogens is 344 g/mol. The van der Waals surface area contributed by atoms with E-state index in [-0.39, 0.29) is 30.8 Å². The summed E-state index contributed by atoms with van der Waals surface area (Å²) in [6.45, 7) is 0.738. The van der Waals surface area contributed by atoms with Gasteiger partial charge in [-0.1, -0.05) is 18.2 Å². The van der Waals surface area contributed by atoms with E-state index >= 15 is 0 Å². The van der Waals surface area contributed by atoms with Crippen LogP contribution >= 0.6 is 0 Å². The number of hydrogen-bond donors (Lipinski definition) is 1. The number of aromatic nitrogens is 1. The summed E-state index contributed by atoms with van der Waals surface area (Å²) in [7, 11) is 0. The van der Waals surface area contributed by atoms with E-state index in [0.29, 0.717) is 24.2 Å². The van der Waals surface area contributed by atoms with Crippen molar-refractivity contribution in [2.24, 2.45) is 0 Å². The predicted molar refractivity (Wildman–Crippen MR) is 98.9 cm³/mol. The van der Waals surface area contributed by atoms with Crippen molar-refractivity contribution in [3.05, 3.63) is 59.9 Å². The van der Waals surface area contributed by atoms with Gasteiger partial charge in [-0.3, -0.25) is 19.4 Å². The Bertz CT molecular complexity index is 884. The van der Waals surface area contributed by atoms with Gasteiger partial charge in [0.25, 0.3) is 5.91 Å². The van der Waals surface area contributed by atoms with Crippen LogP contribution in [-0.2, 0) is 16.1 Å². The van der Waals surface area contributed by atoms with Crippen LogP contribution < -0.4 is 10.2 Å². The minimum absolute atomic E-state index is 0.125. The molecule has 1 atom stereocenters. The highest BCUT2D eigenvalue weighted by Crippen LogP contribution is 2.32. The second-order valence-corrected chi connectivity index (χ2v) is 6.70. The van der Waals surface area contributed by atoms with Gasteiger partial charge in [0.1, 0.15) is 12.6 Å². The third-order valence-corrected chi connectivity index (χ3v) is 4.98. The standard InChI is InChI=1S/C20H20N4O3/c25-18(22-12-14-6-3-4-10-21-14)13-24-16-8-2-1-7-15(16)19(26)23-11-5-9-17(23)20(24)27/h1-4,6-8,10,17H,5,9,11-13H2,(H,22,25)/t17-/m0/s1. The first kappa shape index (κ1) is 17.2. The van der Waals surface area contributed by atoms with Crippen LogP contribution in [0.1, 0.15) is 28.9 Å². The Kier molecular flexibility index (Phi) is 4.58. The maximum Gasteiger partial charge on any atom is 0.256 e. The van der Waals surface area contributed by atoms with Crippen LogP contribution in [0.4, 0.5) is 5.69 Å². The molecule has 1 fully saturated rings. The summed E-state index contributed by atoms with van der Waals surface area (Å²) in [4.78, 5) is 45.7. The molecule has 1 aromatic carbocycles. The van der Waals surface area contributed by atoms with Crippen LogP contribution in [-0.4, -0.2) is 46.7 Å². The van der Waals surface area contributed by atoms with Crippen LogP contribution in [0.3, 0.4) is 0 Å². The molecule has 2 aliphatic heterocycles. The van der Waals surface area contributed by atoms with Gasteiger partial charge in [-0.2, -0.15) is 0 Å². The number of rotatable bonds is 4. The summed E-state index contributed by atoms with van der Waals surface area (Å²) < 4.78 is 0. The average molecular weight is 364 g/mol. The molecule has 0 saturated carbocycles.